The minimum atomic E-state index is 0.123. The van der Waals surface area contributed by atoms with Crippen LogP contribution in [0, 0.1) is 0 Å². The van der Waals surface area contributed by atoms with Gasteiger partial charge in [0.15, 0.2) is 0 Å². The molecule has 3 heterocycles. The molecule has 0 aliphatic carbocycles. The summed E-state index contributed by atoms with van der Waals surface area (Å²) in [4.78, 5) is 15.9. The molecule has 2 fully saturated rings. The number of carbonyl (C=O) groups excluding carboxylic acids is 1. The summed E-state index contributed by atoms with van der Waals surface area (Å²) in [5.41, 5.74) is 1.20. The number of hydrogen-bond donors (Lipinski definition) is 0. The van der Waals surface area contributed by atoms with Gasteiger partial charge in [-0.1, -0.05) is 6.07 Å². The SMILES string of the molecule is CC(=O)N1CCOC(CN2CCC(Oc3cccc4c3ccn4C)CC2)C1. The fourth-order valence-corrected chi connectivity index (χ4v) is 4.17. The van der Waals surface area contributed by atoms with E-state index in [4.69, 9.17) is 9.47 Å². The van der Waals surface area contributed by atoms with Crippen LogP contribution in [0.3, 0.4) is 0 Å². The maximum absolute atomic E-state index is 11.6. The first kappa shape index (κ1) is 18.3. The molecule has 27 heavy (non-hydrogen) atoms. The van der Waals surface area contributed by atoms with E-state index >= 15 is 0 Å². The van der Waals surface area contributed by atoms with Crippen molar-refractivity contribution in [2.45, 2.75) is 32.0 Å². The van der Waals surface area contributed by atoms with Crippen LogP contribution >= 0.6 is 0 Å². The summed E-state index contributed by atoms with van der Waals surface area (Å²) in [7, 11) is 2.06. The van der Waals surface area contributed by atoms with Gasteiger partial charge in [0.05, 0.1) is 18.2 Å². The van der Waals surface area contributed by atoms with Crippen molar-refractivity contribution in [3.8, 4) is 5.75 Å². The molecule has 0 radical (unpaired) electrons. The Labute approximate surface area is 160 Å². The zero-order valence-corrected chi connectivity index (χ0v) is 16.3. The largest absolute Gasteiger partial charge is 0.490 e. The zero-order valence-electron chi connectivity index (χ0n) is 16.3. The molecule has 0 saturated carbocycles. The van der Waals surface area contributed by atoms with Crippen LogP contribution < -0.4 is 4.74 Å². The van der Waals surface area contributed by atoms with Crippen LogP contribution in [0.15, 0.2) is 30.5 Å². The van der Waals surface area contributed by atoms with Crippen LogP contribution in [0.25, 0.3) is 10.9 Å². The molecule has 1 aromatic heterocycles. The van der Waals surface area contributed by atoms with Crippen LogP contribution in [0.4, 0.5) is 0 Å². The Morgan fingerprint density at radius 2 is 2.04 bits per heavy atom. The number of carbonyl (C=O) groups is 1. The summed E-state index contributed by atoms with van der Waals surface area (Å²) in [6.45, 7) is 6.62. The van der Waals surface area contributed by atoms with Gasteiger partial charge in [0.1, 0.15) is 11.9 Å². The van der Waals surface area contributed by atoms with Crippen molar-refractivity contribution in [1.82, 2.24) is 14.4 Å². The molecule has 1 atom stereocenters. The fourth-order valence-electron chi connectivity index (χ4n) is 4.17. The Kier molecular flexibility index (Phi) is 5.36. The molecule has 1 unspecified atom stereocenters. The van der Waals surface area contributed by atoms with E-state index in [0.717, 1.165) is 38.2 Å². The zero-order chi connectivity index (χ0) is 18.8. The topological polar surface area (TPSA) is 46.9 Å². The molecule has 1 aromatic carbocycles. The average Bonchev–Trinajstić information content (AvgIpc) is 3.06. The second-order valence-electron chi connectivity index (χ2n) is 7.69. The van der Waals surface area contributed by atoms with Gasteiger partial charge in [-0.15, -0.1) is 0 Å². The highest BCUT2D eigenvalue weighted by Crippen LogP contribution is 2.28. The summed E-state index contributed by atoms with van der Waals surface area (Å²) in [5, 5.41) is 1.18. The second-order valence-corrected chi connectivity index (χ2v) is 7.69. The number of aromatic nitrogens is 1. The van der Waals surface area contributed by atoms with E-state index in [-0.39, 0.29) is 18.1 Å². The lowest BCUT2D eigenvalue weighted by Crippen LogP contribution is -2.50. The molecule has 4 rings (SSSR count). The summed E-state index contributed by atoms with van der Waals surface area (Å²) in [6.07, 6.45) is 4.50. The Morgan fingerprint density at radius 3 is 2.81 bits per heavy atom. The Bertz CT molecular complexity index is 795. The predicted octanol–water partition coefficient (Wildman–Crippen LogP) is 2.27. The Hall–Kier alpha value is -2.05. The van der Waals surface area contributed by atoms with Crippen molar-refractivity contribution < 1.29 is 14.3 Å². The van der Waals surface area contributed by atoms with E-state index in [1.54, 1.807) is 6.92 Å². The average molecular weight is 371 g/mol. The lowest BCUT2D eigenvalue weighted by atomic mass is 10.1. The first-order valence-electron chi connectivity index (χ1n) is 9.90. The summed E-state index contributed by atoms with van der Waals surface area (Å²) >= 11 is 0. The van der Waals surface area contributed by atoms with Gasteiger partial charge in [0, 0.05) is 58.3 Å². The molecule has 0 spiro atoms. The molecule has 146 valence electrons. The molecular weight excluding hydrogens is 342 g/mol. The number of benzene rings is 1. The van der Waals surface area contributed by atoms with E-state index in [1.807, 2.05) is 4.90 Å². The number of likely N-dealkylation sites (tertiary alicyclic amines) is 1. The standard InChI is InChI=1S/C21H29N3O3/c1-16(25)24-12-13-26-18(15-24)14-23-10-6-17(7-11-23)27-21-5-3-4-20-19(21)8-9-22(20)2/h3-5,8-9,17-18H,6-7,10-15H2,1-2H3. The van der Waals surface area contributed by atoms with Crippen LogP contribution in [0.5, 0.6) is 5.75 Å². The maximum atomic E-state index is 11.6. The van der Waals surface area contributed by atoms with Crippen molar-refractivity contribution >= 4 is 16.8 Å². The highest BCUT2D eigenvalue weighted by Gasteiger charge is 2.27. The van der Waals surface area contributed by atoms with Gasteiger partial charge in [-0.25, -0.2) is 0 Å². The van der Waals surface area contributed by atoms with Gasteiger partial charge in [0.2, 0.25) is 5.91 Å². The molecule has 6 heteroatoms. The van der Waals surface area contributed by atoms with E-state index in [1.165, 1.54) is 10.9 Å². The highest BCUT2D eigenvalue weighted by molar-refractivity contribution is 5.86. The summed E-state index contributed by atoms with van der Waals surface area (Å²) < 4.78 is 14.3. The second kappa shape index (κ2) is 7.90. The van der Waals surface area contributed by atoms with Crippen LogP contribution in [0.2, 0.25) is 0 Å². The molecule has 2 saturated heterocycles. The molecule has 6 nitrogen and oxygen atoms in total. The molecule has 2 aliphatic heterocycles. The molecule has 2 aromatic rings. The van der Waals surface area contributed by atoms with Crippen molar-refractivity contribution in [3.05, 3.63) is 30.5 Å². The van der Waals surface area contributed by atoms with Crippen molar-refractivity contribution in [3.63, 3.8) is 0 Å². The lowest BCUT2D eigenvalue weighted by molar-refractivity contribution is -0.137. The first-order chi connectivity index (χ1) is 13.1. The third-order valence-corrected chi connectivity index (χ3v) is 5.76. The Morgan fingerprint density at radius 1 is 1.22 bits per heavy atom. The number of ether oxygens (including phenoxy) is 2. The van der Waals surface area contributed by atoms with Gasteiger partial charge in [-0.2, -0.15) is 0 Å². The van der Waals surface area contributed by atoms with E-state index in [2.05, 4.69) is 47.0 Å². The first-order valence-corrected chi connectivity index (χ1v) is 9.90. The third kappa shape index (κ3) is 4.12. The number of hydrogen-bond acceptors (Lipinski definition) is 4. The summed E-state index contributed by atoms with van der Waals surface area (Å²) in [5.74, 6) is 1.13. The number of nitrogens with zero attached hydrogens (tertiary/aromatic N) is 3. The number of morpholine rings is 1. The minimum absolute atomic E-state index is 0.123. The molecule has 0 bridgehead atoms. The van der Waals surface area contributed by atoms with Crippen LogP contribution in [0.1, 0.15) is 19.8 Å². The van der Waals surface area contributed by atoms with Crippen molar-refractivity contribution in [2.24, 2.45) is 7.05 Å². The predicted molar refractivity (Wildman–Crippen MR) is 105 cm³/mol. The van der Waals surface area contributed by atoms with E-state index in [0.29, 0.717) is 19.7 Å². The third-order valence-electron chi connectivity index (χ3n) is 5.76. The fraction of sp³-hybridized carbons (Fsp3) is 0.571. The number of aryl methyl sites for hydroxylation is 1. The van der Waals surface area contributed by atoms with Crippen LogP contribution in [-0.2, 0) is 16.6 Å². The smallest absolute Gasteiger partial charge is 0.219 e. The molecular formula is C21H29N3O3. The monoisotopic (exact) mass is 371 g/mol. The Balaban J connectivity index is 1.29. The van der Waals surface area contributed by atoms with Crippen LogP contribution in [-0.4, -0.2) is 71.8 Å². The molecule has 2 aliphatic rings. The number of piperidine rings is 1. The van der Waals surface area contributed by atoms with Gasteiger partial charge >= 0.3 is 0 Å². The maximum Gasteiger partial charge on any atom is 0.219 e. The number of fused-ring (bicyclic) bond motifs is 1. The van der Waals surface area contributed by atoms with E-state index in [9.17, 15) is 4.79 Å². The normalized spacial score (nSPS) is 22.3. The highest BCUT2D eigenvalue weighted by atomic mass is 16.5. The van der Waals surface area contributed by atoms with Gasteiger partial charge in [-0.3, -0.25) is 4.79 Å². The summed E-state index contributed by atoms with van der Waals surface area (Å²) in [6, 6.07) is 8.38. The van der Waals surface area contributed by atoms with Gasteiger partial charge in [0.25, 0.3) is 0 Å². The molecule has 0 N–H and O–H groups in total. The van der Waals surface area contributed by atoms with E-state index < -0.39 is 0 Å². The quantitative estimate of drug-likeness (QED) is 0.827. The number of amides is 1. The van der Waals surface area contributed by atoms with Crippen molar-refractivity contribution in [1.29, 1.82) is 0 Å². The molecule has 1 amide bonds. The number of rotatable bonds is 4. The lowest BCUT2D eigenvalue weighted by Gasteiger charge is -2.38. The van der Waals surface area contributed by atoms with Crippen molar-refractivity contribution in [2.75, 3.05) is 39.3 Å². The van der Waals surface area contributed by atoms with Gasteiger partial charge in [-0.05, 0) is 31.0 Å². The van der Waals surface area contributed by atoms with Gasteiger partial charge < -0.3 is 23.8 Å². The minimum Gasteiger partial charge on any atom is -0.490 e.